The minimum Gasteiger partial charge on any atom is -0.324 e. The topological polar surface area (TPSA) is 102 Å². The SMILES string of the molecule is CCn1c(=O)n(CC(=O)Nc2ccc(C)c(S(=O)(=O)NC)c2)c2ccccc21. The lowest BCUT2D eigenvalue weighted by molar-refractivity contribution is -0.116. The molecule has 0 bridgehead atoms. The van der Waals surface area contributed by atoms with Gasteiger partial charge in [-0.15, -0.1) is 0 Å². The van der Waals surface area contributed by atoms with Crippen molar-refractivity contribution in [2.75, 3.05) is 12.4 Å². The normalized spacial score (nSPS) is 11.7. The second-order valence-electron chi connectivity index (χ2n) is 6.34. The number of nitrogens with zero attached hydrogens (tertiary/aromatic N) is 2. The van der Waals surface area contributed by atoms with Crippen LogP contribution in [0.15, 0.2) is 52.2 Å². The highest BCUT2D eigenvalue weighted by atomic mass is 32.2. The Labute approximate surface area is 162 Å². The van der Waals surface area contributed by atoms with Crippen molar-refractivity contribution in [2.24, 2.45) is 0 Å². The van der Waals surface area contributed by atoms with E-state index < -0.39 is 15.9 Å². The van der Waals surface area contributed by atoms with Crippen molar-refractivity contribution < 1.29 is 13.2 Å². The summed E-state index contributed by atoms with van der Waals surface area (Å²) in [6, 6.07) is 11.9. The number of rotatable bonds is 6. The van der Waals surface area contributed by atoms with Gasteiger partial charge in [0.15, 0.2) is 0 Å². The number of aryl methyl sites for hydroxylation is 2. The number of aromatic nitrogens is 2. The predicted octanol–water partition coefficient (Wildman–Crippen LogP) is 1.68. The van der Waals surface area contributed by atoms with E-state index in [2.05, 4.69) is 10.0 Å². The van der Waals surface area contributed by atoms with Gasteiger partial charge >= 0.3 is 5.69 Å². The maximum Gasteiger partial charge on any atom is 0.329 e. The van der Waals surface area contributed by atoms with E-state index in [0.717, 1.165) is 5.52 Å². The van der Waals surface area contributed by atoms with Crippen molar-refractivity contribution >= 4 is 32.7 Å². The molecule has 0 spiro atoms. The Morgan fingerprint density at radius 3 is 2.32 bits per heavy atom. The van der Waals surface area contributed by atoms with Crippen LogP contribution in [0.4, 0.5) is 5.69 Å². The van der Waals surface area contributed by atoms with Crippen LogP contribution < -0.4 is 15.7 Å². The highest BCUT2D eigenvalue weighted by Gasteiger charge is 2.17. The average Bonchev–Trinajstić information content (AvgIpc) is 2.94. The van der Waals surface area contributed by atoms with E-state index >= 15 is 0 Å². The summed E-state index contributed by atoms with van der Waals surface area (Å²) >= 11 is 0. The van der Waals surface area contributed by atoms with Crippen LogP contribution in [0.25, 0.3) is 11.0 Å². The summed E-state index contributed by atoms with van der Waals surface area (Å²) < 4.78 is 29.5. The van der Waals surface area contributed by atoms with Gasteiger partial charge in [-0.1, -0.05) is 18.2 Å². The molecule has 0 aliphatic rings. The summed E-state index contributed by atoms with van der Waals surface area (Å²) in [6.45, 7) is 3.87. The molecule has 0 saturated heterocycles. The van der Waals surface area contributed by atoms with Crippen molar-refractivity contribution in [1.29, 1.82) is 0 Å². The molecule has 0 unspecified atom stereocenters. The van der Waals surface area contributed by atoms with Gasteiger partial charge in [0.05, 0.1) is 15.9 Å². The fraction of sp³-hybridized carbons (Fsp3) is 0.263. The predicted molar refractivity (Wildman–Crippen MR) is 108 cm³/mol. The minimum absolute atomic E-state index is 0.0903. The van der Waals surface area contributed by atoms with Gasteiger partial charge < -0.3 is 5.32 Å². The zero-order valence-electron chi connectivity index (χ0n) is 15.9. The quantitative estimate of drug-likeness (QED) is 0.655. The molecular formula is C19H22N4O4S. The second-order valence-corrected chi connectivity index (χ2v) is 8.19. The molecule has 0 fully saturated rings. The van der Waals surface area contributed by atoms with Crippen molar-refractivity contribution in [2.45, 2.75) is 31.8 Å². The second kappa shape index (κ2) is 7.61. The number of carbonyl (C=O) groups is 1. The molecule has 2 aromatic carbocycles. The Morgan fingerprint density at radius 2 is 1.71 bits per heavy atom. The van der Waals surface area contributed by atoms with Gasteiger partial charge in [-0.25, -0.2) is 17.9 Å². The van der Waals surface area contributed by atoms with Crippen molar-refractivity contribution in [3.05, 3.63) is 58.5 Å². The van der Waals surface area contributed by atoms with Crippen LogP contribution in [0.3, 0.4) is 0 Å². The summed E-state index contributed by atoms with van der Waals surface area (Å²) in [4.78, 5) is 25.3. The van der Waals surface area contributed by atoms with Crippen LogP contribution in [0.5, 0.6) is 0 Å². The van der Waals surface area contributed by atoms with Crippen LogP contribution in [0.2, 0.25) is 0 Å². The van der Waals surface area contributed by atoms with E-state index in [1.165, 1.54) is 17.7 Å². The molecule has 28 heavy (non-hydrogen) atoms. The van der Waals surface area contributed by atoms with Gasteiger partial charge in [0.25, 0.3) is 0 Å². The summed E-state index contributed by atoms with van der Waals surface area (Å²) in [5, 5.41) is 2.67. The van der Waals surface area contributed by atoms with Crippen molar-refractivity contribution in [1.82, 2.24) is 13.9 Å². The molecule has 8 nitrogen and oxygen atoms in total. The fourth-order valence-electron chi connectivity index (χ4n) is 3.15. The first-order valence-electron chi connectivity index (χ1n) is 8.80. The van der Waals surface area contributed by atoms with E-state index in [4.69, 9.17) is 0 Å². The number of anilines is 1. The Morgan fingerprint density at radius 1 is 1.07 bits per heavy atom. The molecular weight excluding hydrogens is 380 g/mol. The first kappa shape index (κ1) is 19.8. The molecule has 0 aliphatic heterocycles. The van der Waals surface area contributed by atoms with E-state index in [-0.39, 0.29) is 17.1 Å². The number of sulfonamides is 1. The molecule has 3 aromatic rings. The first-order chi connectivity index (χ1) is 13.3. The number of carbonyl (C=O) groups excluding carboxylic acids is 1. The molecule has 9 heteroatoms. The summed E-state index contributed by atoms with van der Waals surface area (Å²) in [6.07, 6.45) is 0. The maximum atomic E-state index is 12.6. The molecule has 0 atom stereocenters. The molecule has 0 radical (unpaired) electrons. The molecule has 1 heterocycles. The highest BCUT2D eigenvalue weighted by Crippen LogP contribution is 2.20. The largest absolute Gasteiger partial charge is 0.329 e. The van der Waals surface area contributed by atoms with E-state index in [0.29, 0.717) is 23.3 Å². The smallest absolute Gasteiger partial charge is 0.324 e. The zero-order chi connectivity index (χ0) is 20.5. The van der Waals surface area contributed by atoms with Gasteiger partial charge in [-0.2, -0.15) is 0 Å². The van der Waals surface area contributed by atoms with Gasteiger partial charge in [-0.05, 0) is 50.7 Å². The average molecular weight is 402 g/mol. The number of amides is 1. The van der Waals surface area contributed by atoms with Crippen LogP contribution in [0, 0.1) is 6.92 Å². The highest BCUT2D eigenvalue weighted by molar-refractivity contribution is 7.89. The van der Waals surface area contributed by atoms with E-state index in [9.17, 15) is 18.0 Å². The lowest BCUT2D eigenvalue weighted by atomic mass is 10.2. The maximum absolute atomic E-state index is 12.6. The molecule has 0 aliphatic carbocycles. The van der Waals surface area contributed by atoms with Crippen LogP contribution in [-0.2, 0) is 27.9 Å². The van der Waals surface area contributed by atoms with Crippen molar-refractivity contribution in [3.8, 4) is 0 Å². The molecule has 148 valence electrons. The number of hydrogen-bond acceptors (Lipinski definition) is 4. The minimum atomic E-state index is -3.64. The van der Waals surface area contributed by atoms with Crippen LogP contribution >= 0.6 is 0 Å². The molecule has 1 amide bonds. The molecule has 0 saturated carbocycles. The monoisotopic (exact) mass is 402 g/mol. The Kier molecular flexibility index (Phi) is 5.39. The number of benzene rings is 2. The first-order valence-corrected chi connectivity index (χ1v) is 10.3. The fourth-order valence-corrected chi connectivity index (χ4v) is 4.15. The Hall–Kier alpha value is -2.91. The summed E-state index contributed by atoms with van der Waals surface area (Å²) in [5.41, 5.74) is 2.08. The van der Waals surface area contributed by atoms with Crippen LogP contribution in [0.1, 0.15) is 12.5 Å². The summed E-state index contributed by atoms with van der Waals surface area (Å²) in [5.74, 6) is -0.419. The number of imidazole rings is 1. The van der Waals surface area contributed by atoms with Crippen molar-refractivity contribution in [3.63, 3.8) is 0 Å². The number of para-hydroxylation sites is 2. The van der Waals surface area contributed by atoms with E-state index in [1.807, 2.05) is 25.1 Å². The van der Waals surface area contributed by atoms with Gasteiger partial charge in [0.2, 0.25) is 15.9 Å². The number of nitrogens with one attached hydrogen (secondary N) is 2. The number of fused-ring (bicyclic) bond motifs is 1. The number of hydrogen-bond donors (Lipinski definition) is 2. The molecule has 1 aromatic heterocycles. The van der Waals surface area contributed by atoms with E-state index in [1.54, 1.807) is 29.7 Å². The third-order valence-electron chi connectivity index (χ3n) is 4.57. The third kappa shape index (κ3) is 3.58. The van der Waals surface area contributed by atoms with Gasteiger partial charge in [0, 0.05) is 12.2 Å². The molecule has 2 N–H and O–H groups in total. The lowest BCUT2D eigenvalue weighted by Crippen LogP contribution is -2.29. The summed E-state index contributed by atoms with van der Waals surface area (Å²) in [7, 11) is -2.31. The van der Waals surface area contributed by atoms with Crippen LogP contribution in [-0.4, -0.2) is 30.5 Å². The van der Waals surface area contributed by atoms with Gasteiger partial charge in [0.1, 0.15) is 6.54 Å². The third-order valence-corrected chi connectivity index (χ3v) is 6.13. The Bertz CT molecular complexity index is 1210. The standard InChI is InChI=1S/C19H22N4O4S/c1-4-22-15-7-5-6-8-16(15)23(19(22)25)12-18(24)21-14-10-9-13(2)17(11-14)28(26,27)20-3/h5-11,20H,4,12H2,1-3H3,(H,21,24). The zero-order valence-corrected chi connectivity index (χ0v) is 16.7. The van der Waals surface area contributed by atoms with Gasteiger partial charge in [-0.3, -0.25) is 13.9 Å². The molecule has 3 rings (SSSR count). The lowest BCUT2D eigenvalue weighted by Gasteiger charge is -2.11. The Balaban J connectivity index is 1.90.